The summed E-state index contributed by atoms with van der Waals surface area (Å²) in [6.07, 6.45) is 5.51. The van der Waals surface area contributed by atoms with E-state index in [1.807, 2.05) is 24.3 Å². The predicted molar refractivity (Wildman–Crippen MR) is 66.4 cm³/mol. The molecule has 1 aromatic rings. The fourth-order valence-electron chi connectivity index (χ4n) is 2.07. The molecule has 0 atom stereocenters. The predicted octanol–water partition coefficient (Wildman–Crippen LogP) is 3.93. The molecule has 86 valence electrons. The van der Waals surface area contributed by atoms with Crippen LogP contribution in [0.25, 0.3) is 0 Å². The van der Waals surface area contributed by atoms with Gasteiger partial charge in [0.05, 0.1) is 5.92 Å². The van der Waals surface area contributed by atoms with E-state index in [0.29, 0.717) is 5.75 Å². The zero-order valence-corrected chi connectivity index (χ0v) is 10.7. The molecule has 1 aliphatic carbocycles. The quantitative estimate of drug-likeness (QED) is 0.607. The van der Waals surface area contributed by atoms with Crippen LogP contribution in [0.5, 0.6) is 5.75 Å². The van der Waals surface area contributed by atoms with Crippen LogP contribution in [0.4, 0.5) is 0 Å². The summed E-state index contributed by atoms with van der Waals surface area (Å²) in [5.74, 6) is 0.662. The number of hydrogen-bond donors (Lipinski definition) is 0. The second-order valence-electron chi connectivity index (χ2n) is 4.21. The molecule has 0 heterocycles. The number of benzene rings is 1. The molecular weight excluding hydrogens is 268 g/mol. The number of esters is 1. The maximum Gasteiger partial charge on any atom is 0.314 e. The smallest absolute Gasteiger partial charge is 0.314 e. The van der Waals surface area contributed by atoms with Crippen LogP contribution in [0.3, 0.4) is 0 Å². The van der Waals surface area contributed by atoms with E-state index < -0.39 is 0 Å². The van der Waals surface area contributed by atoms with Crippen LogP contribution in [-0.2, 0) is 4.79 Å². The molecule has 1 aliphatic rings. The summed E-state index contributed by atoms with van der Waals surface area (Å²) >= 11 is 3.36. The van der Waals surface area contributed by atoms with Crippen molar-refractivity contribution in [3.8, 4) is 5.75 Å². The summed E-state index contributed by atoms with van der Waals surface area (Å²) in [4.78, 5) is 11.8. The van der Waals surface area contributed by atoms with E-state index >= 15 is 0 Å². The van der Waals surface area contributed by atoms with Crippen LogP contribution in [0.1, 0.15) is 32.1 Å². The third-order valence-corrected chi connectivity index (χ3v) is 3.45. The van der Waals surface area contributed by atoms with Crippen molar-refractivity contribution in [3.05, 3.63) is 28.7 Å². The molecule has 3 heteroatoms. The minimum absolute atomic E-state index is 0.0715. The van der Waals surface area contributed by atoms with Crippen LogP contribution >= 0.6 is 15.9 Å². The highest BCUT2D eigenvalue weighted by atomic mass is 79.9. The summed E-state index contributed by atoms with van der Waals surface area (Å²) in [6, 6.07) is 7.41. The molecule has 0 bridgehead atoms. The summed E-state index contributed by atoms with van der Waals surface area (Å²) < 4.78 is 6.30. The zero-order valence-electron chi connectivity index (χ0n) is 9.12. The lowest BCUT2D eigenvalue weighted by Gasteiger charge is -2.19. The molecule has 1 aromatic carbocycles. The first-order valence-electron chi connectivity index (χ1n) is 5.73. The van der Waals surface area contributed by atoms with Crippen molar-refractivity contribution >= 4 is 21.9 Å². The minimum atomic E-state index is -0.0715. The van der Waals surface area contributed by atoms with Gasteiger partial charge in [-0.2, -0.15) is 0 Å². The first-order valence-corrected chi connectivity index (χ1v) is 6.52. The van der Waals surface area contributed by atoms with Crippen LogP contribution in [-0.4, -0.2) is 5.97 Å². The largest absolute Gasteiger partial charge is 0.426 e. The lowest BCUT2D eigenvalue weighted by atomic mass is 9.89. The Kier molecular flexibility index (Phi) is 3.99. The molecule has 2 rings (SSSR count). The summed E-state index contributed by atoms with van der Waals surface area (Å²) in [5.41, 5.74) is 0. The molecular formula is C13H15BrO2. The fourth-order valence-corrected chi connectivity index (χ4v) is 2.45. The van der Waals surface area contributed by atoms with Gasteiger partial charge in [0, 0.05) is 4.47 Å². The molecule has 0 unspecified atom stereocenters. The molecule has 0 amide bonds. The molecule has 16 heavy (non-hydrogen) atoms. The Balaban J connectivity index is 1.96. The highest BCUT2D eigenvalue weighted by Crippen LogP contribution is 2.26. The SMILES string of the molecule is O=C(Oc1cccc(Br)c1)C1CCCCC1. The number of halogens is 1. The number of carbonyl (C=O) groups excluding carboxylic acids is 1. The summed E-state index contributed by atoms with van der Waals surface area (Å²) in [6.45, 7) is 0. The first-order chi connectivity index (χ1) is 7.75. The van der Waals surface area contributed by atoms with E-state index in [-0.39, 0.29) is 11.9 Å². The second kappa shape index (κ2) is 5.48. The van der Waals surface area contributed by atoms with E-state index in [2.05, 4.69) is 15.9 Å². The fraction of sp³-hybridized carbons (Fsp3) is 0.462. The van der Waals surface area contributed by atoms with Gasteiger partial charge >= 0.3 is 5.97 Å². The Morgan fingerprint density at radius 3 is 2.69 bits per heavy atom. The molecule has 1 fully saturated rings. The monoisotopic (exact) mass is 282 g/mol. The van der Waals surface area contributed by atoms with Gasteiger partial charge in [0.2, 0.25) is 0 Å². The molecule has 0 N–H and O–H groups in total. The average molecular weight is 283 g/mol. The van der Waals surface area contributed by atoms with E-state index in [1.54, 1.807) is 0 Å². The Labute approximate surface area is 104 Å². The van der Waals surface area contributed by atoms with E-state index in [1.165, 1.54) is 6.42 Å². The van der Waals surface area contributed by atoms with Gasteiger partial charge in [0.15, 0.2) is 0 Å². The molecule has 0 saturated heterocycles. The van der Waals surface area contributed by atoms with Crippen molar-refractivity contribution in [2.45, 2.75) is 32.1 Å². The van der Waals surface area contributed by atoms with Gasteiger partial charge in [-0.3, -0.25) is 4.79 Å². The number of hydrogen-bond acceptors (Lipinski definition) is 2. The molecule has 0 aromatic heterocycles. The van der Waals surface area contributed by atoms with Gasteiger partial charge in [-0.1, -0.05) is 41.3 Å². The third-order valence-electron chi connectivity index (χ3n) is 2.95. The molecule has 0 aliphatic heterocycles. The Morgan fingerprint density at radius 1 is 1.25 bits per heavy atom. The summed E-state index contributed by atoms with van der Waals surface area (Å²) in [5, 5.41) is 0. The summed E-state index contributed by atoms with van der Waals surface area (Å²) in [7, 11) is 0. The minimum Gasteiger partial charge on any atom is -0.426 e. The number of rotatable bonds is 2. The maximum absolute atomic E-state index is 11.8. The van der Waals surface area contributed by atoms with Gasteiger partial charge in [-0.25, -0.2) is 0 Å². The van der Waals surface area contributed by atoms with E-state index in [9.17, 15) is 4.79 Å². The third kappa shape index (κ3) is 3.08. The standard InChI is InChI=1S/C13H15BrO2/c14-11-7-4-8-12(9-11)16-13(15)10-5-2-1-3-6-10/h4,7-10H,1-3,5-6H2. The Bertz CT molecular complexity index is 370. The lowest BCUT2D eigenvalue weighted by Crippen LogP contribution is -2.22. The van der Waals surface area contributed by atoms with Gasteiger partial charge in [0.25, 0.3) is 0 Å². The van der Waals surface area contributed by atoms with E-state index in [4.69, 9.17) is 4.74 Å². The van der Waals surface area contributed by atoms with Gasteiger partial charge in [0.1, 0.15) is 5.75 Å². The van der Waals surface area contributed by atoms with Crippen molar-refractivity contribution in [3.63, 3.8) is 0 Å². The molecule has 0 radical (unpaired) electrons. The van der Waals surface area contributed by atoms with Gasteiger partial charge in [-0.15, -0.1) is 0 Å². The number of ether oxygens (including phenoxy) is 1. The van der Waals surface area contributed by atoms with Gasteiger partial charge in [-0.05, 0) is 31.0 Å². The van der Waals surface area contributed by atoms with Crippen LogP contribution in [0, 0.1) is 5.92 Å². The van der Waals surface area contributed by atoms with Crippen LogP contribution in [0.2, 0.25) is 0 Å². The van der Waals surface area contributed by atoms with Crippen molar-refractivity contribution in [2.75, 3.05) is 0 Å². The second-order valence-corrected chi connectivity index (χ2v) is 5.13. The van der Waals surface area contributed by atoms with Crippen LogP contribution < -0.4 is 4.74 Å². The normalized spacial score (nSPS) is 17.1. The van der Waals surface area contributed by atoms with Crippen molar-refractivity contribution in [2.24, 2.45) is 5.92 Å². The highest BCUT2D eigenvalue weighted by Gasteiger charge is 2.22. The molecule has 0 spiro atoms. The van der Waals surface area contributed by atoms with Crippen molar-refractivity contribution < 1.29 is 9.53 Å². The first kappa shape index (κ1) is 11.6. The topological polar surface area (TPSA) is 26.3 Å². The Hall–Kier alpha value is -0.830. The zero-order chi connectivity index (χ0) is 11.4. The van der Waals surface area contributed by atoms with Gasteiger partial charge < -0.3 is 4.74 Å². The molecule has 2 nitrogen and oxygen atoms in total. The van der Waals surface area contributed by atoms with Crippen molar-refractivity contribution in [1.82, 2.24) is 0 Å². The molecule has 1 saturated carbocycles. The highest BCUT2D eigenvalue weighted by molar-refractivity contribution is 9.10. The van der Waals surface area contributed by atoms with Crippen molar-refractivity contribution in [1.29, 1.82) is 0 Å². The number of carbonyl (C=O) groups is 1. The maximum atomic E-state index is 11.8. The Morgan fingerprint density at radius 2 is 2.00 bits per heavy atom. The van der Waals surface area contributed by atoms with E-state index in [0.717, 1.165) is 30.2 Å². The average Bonchev–Trinajstić information content (AvgIpc) is 2.30. The van der Waals surface area contributed by atoms with Crippen LogP contribution in [0.15, 0.2) is 28.7 Å². The lowest BCUT2D eigenvalue weighted by molar-refractivity contribution is -0.139.